The maximum absolute atomic E-state index is 5.82. The summed E-state index contributed by atoms with van der Waals surface area (Å²) in [6.07, 6.45) is 2.73. The van der Waals surface area contributed by atoms with E-state index in [4.69, 9.17) is 23.2 Å². The van der Waals surface area contributed by atoms with Gasteiger partial charge in [-0.1, -0.05) is 23.2 Å². The number of fused-ring (bicyclic) bond motifs is 1. The van der Waals surface area contributed by atoms with Crippen LogP contribution in [0.2, 0.25) is 9.36 Å². The lowest BCUT2D eigenvalue weighted by Crippen LogP contribution is -1.68. The molecule has 0 N–H and O–H groups in total. The Kier molecular flexibility index (Phi) is 1.48. The lowest BCUT2D eigenvalue weighted by Gasteiger charge is -1.83. The van der Waals surface area contributed by atoms with E-state index in [9.17, 15) is 0 Å². The van der Waals surface area contributed by atoms with Crippen molar-refractivity contribution in [1.29, 1.82) is 0 Å². The zero-order chi connectivity index (χ0) is 7.14. The van der Waals surface area contributed by atoms with Crippen molar-refractivity contribution in [2.75, 3.05) is 0 Å². The lowest BCUT2D eigenvalue weighted by atomic mass is 10.4. The van der Waals surface area contributed by atoms with Gasteiger partial charge in [-0.05, 0) is 0 Å². The number of aliphatic imine (C=N–C) groups is 1. The molecule has 0 saturated heterocycles. The minimum atomic E-state index is 0.607. The third-order valence-corrected chi connectivity index (χ3v) is 3.34. The highest BCUT2D eigenvalue weighted by molar-refractivity contribution is 7.17. The largest absolute Gasteiger partial charge is 0.258 e. The lowest BCUT2D eigenvalue weighted by molar-refractivity contribution is 1.54. The molecule has 1 aliphatic rings. The predicted octanol–water partition coefficient (Wildman–Crippen LogP) is 3.31. The molecule has 0 atom stereocenters. The van der Waals surface area contributed by atoms with Crippen molar-refractivity contribution >= 4 is 46.4 Å². The highest BCUT2D eigenvalue weighted by Gasteiger charge is 2.16. The Labute approximate surface area is 72.3 Å². The van der Waals surface area contributed by atoms with Gasteiger partial charge in [0, 0.05) is 17.5 Å². The molecule has 0 fully saturated rings. The molecule has 0 aromatic carbocycles. The van der Waals surface area contributed by atoms with Crippen LogP contribution in [0.5, 0.6) is 0 Å². The predicted molar refractivity (Wildman–Crippen MR) is 46.2 cm³/mol. The topological polar surface area (TPSA) is 12.4 Å². The third-order valence-electron chi connectivity index (χ3n) is 1.35. The summed E-state index contributed by atoms with van der Waals surface area (Å²) >= 11 is 13.1. The fourth-order valence-corrected chi connectivity index (χ4v) is 2.42. The van der Waals surface area contributed by atoms with E-state index in [-0.39, 0.29) is 0 Å². The third kappa shape index (κ3) is 0.797. The molecule has 1 aromatic heterocycles. The van der Waals surface area contributed by atoms with Crippen LogP contribution in [0.4, 0.5) is 5.69 Å². The van der Waals surface area contributed by atoms with Crippen LogP contribution in [-0.2, 0) is 6.42 Å². The van der Waals surface area contributed by atoms with Crippen molar-refractivity contribution in [1.82, 2.24) is 0 Å². The average Bonchev–Trinajstić information content (AvgIpc) is 2.41. The summed E-state index contributed by atoms with van der Waals surface area (Å²) < 4.78 is 0.656. The van der Waals surface area contributed by atoms with Gasteiger partial charge >= 0.3 is 0 Å². The molecule has 52 valence electrons. The van der Waals surface area contributed by atoms with E-state index < -0.39 is 0 Å². The van der Waals surface area contributed by atoms with Gasteiger partial charge in [-0.25, -0.2) is 0 Å². The summed E-state index contributed by atoms with van der Waals surface area (Å²) in [6.45, 7) is 0. The van der Waals surface area contributed by atoms with Crippen LogP contribution in [0.15, 0.2) is 4.99 Å². The van der Waals surface area contributed by atoms with Crippen LogP contribution in [0.25, 0.3) is 0 Å². The van der Waals surface area contributed by atoms with Crippen LogP contribution in [0, 0.1) is 0 Å². The number of halogens is 2. The molecule has 4 heteroatoms. The molecule has 10 heavy (non-hydrogen) atoms. The minimum Gasteiger partial charge on any atom is -0.258 e. The number of hydrogen-bond acceptors (Lipinski definition) is 2. The Bertz CT molecular complexity index is 303. The minimum absolute atomic E-state index is 0.607. The summed E-state index contributed by atoms with van der Waals surface area (Å²) in [7, 11) is 0. The molecule has 0 saturated carbocycles. The van der Waals surface area contributed by atoms with Crippen LogP contribution in [0.3, 0.4) is 0 Å². The SMILES string of the molecule is Clc1sc2c(c1Cl)N=CC2. The second kappa shape index (κ2) is 2.22. The summed E-state index contributed by atoms with van der Waals surface area (Å²) in [4.78, 5) is 5.26. The van der Waals surface area contributed by atoms with Crippen molar-refractivity contribution in [2.24, 2.45) is 4.99 Å². The maximum Gasteiger partial charge on any atom is 0.114 e. The highest BCUT2D eigenvalue weighted by Crippen LogP contribution is 2.44. The first kappa shape index (κ1) is 6.65. The van der Waals surface area contributed by atoms with Crippen molar-refractivity contribution < 1.29 is 0 Å². The van der Waals surface area contributed by atoms with Gasteiger partial charge < -0.3 is 0 Å². The van der Waals surface area contributed by atoms with Gasteiger partial charge in [0.25, 0.3) is 0 Å². The maximum atomic E-state index is 5.82. The first-order valence-electron chi connectivity index (χ1n) is 2.78. The fourth-order valence-electron chi connectivity index (χ4n) is 0.904. The van der Waals surface area contributed by atoms with Gasteiger partial charge in [-0.3, -0.25) is 4.99 Å². The monoisotopic (exact) mass is 191 g/mol. The molecule has 0 unspecified atom stereocenters. The van der Waals surface area contributed by atoms with E-state index in [1.807, 2.05) is 6.21 Å². The molecule has 2 heterocycles. The Morgan fingerprint density at radius 1 is 1.50 bits per heavy atom. The molecule has 0 radical (unpaired) electrons. The average molecular weight is 192 g/mol. The van der Waals surface area contributed by atoms with Crippen LogP contribution >= 0.6 is 34.5 Å². The summed E-state index contributed by atoms with van der Waals surface area (Å²) in [5, 5.41) is 0.607. The normalized spacial score (nSPS) is 14.2. The molecule has 2 rings (SSSR count). The van der Waals surface area contributed by atoms with Crippen molar-refractivity contribution in [2.45, 2.75) is 6.42 Å². The van der Waals surface area contributed by atoms with E-state index in [2.05, 4.69) is 4.99 Å². The molecular formula is C6H3Cl2NS. The van der Waals surface area contributed by atoms with Crippen molar-refractivity contribution in [3.8, 4) is 0 Å². The van der Waals surface area contributed by atoms with Gasteiger partial charge in [0.05, 0.1) is 10.7 Å². The summed E-state index contributed by atoms with van der Waals surface area (Å²) in [6, 6.07) is 0. The van der Waals surface area contributed by atoms with E-state index in [1.165, 1.54) is 16.2 Å². The second-order valence-corrected chi connectivity index (χ2v) is 4.06. The zero-order valence-corrected chi connectivity index (χ0v) is 7.22. The first-order chi connectivity index (χ1) is 4.79. The van der Waals surface area contributed by atoms with Gasteiger partial charge in [0.15, 0.2) is 0 Å². The first-order valence-corrected chi connectivity index (χ1v) is 4.35. The van der Waals surface area contributed by atoms with Gasteiger partial charge in [0.2, 0.25) is 0 Å². The number of hydrogen-bond donors (Lipinski definition) is 0. The van der Waals surface area contributed by atoms with E-state index in [0.29, 0.717) is 9.36 Å². The smallest absolute Gasteiger partial charge is 0.114 e. The van der Waals surface area contributed by atoms with Crippen LogP contribution in [0.1, 0.15) is 4.88 Å². The van der Waals surface area contributed by atoms with E-state index in [1.54, 1.807) is 0 Å². The Morgan fingerprint density at radius 3 is 3.00 bits per heavy atom. The molecule has 1 aliphatic heterocycles. The van der Waals surface area contributed by atoms with E-state index >= 15 is 0 Å². The molecule has 0 aliphatic carbocycles. The summed E-state index contributed by atoms with van der Waals surface area (Å²) in [5.74, 6) is 0. The highest BCUT2D eigenvalue weighted by atomic mass is 35.5. The van der Waals surface area contributed by atoms with Crippen molar-refractivity contribution in [3.05, 3.63) is 14.2 Å². The zero-order valence-electron chi connectivity index (χ0n) is 4.90. The molecule has 0 amide bonds. The number of nitrogens with zero attached hydrogens (tertiary/aromatic N) is 1. The molecule has 1 aromatic rings. The fraction of sp³-hybridized carbons (Fsp3) is 0.167. The Balaban J connectivity index is 2.69. The molecule has 1 nitrogen and oxygen atoms in total. The van der Waals surface area contributed by atoms with Gasteiger partial charge in [0.1, 0.15) is 4.34 Å². The van der Waals surface area contributed by atoms with Crippen LogP contribution < -0.4 is 0 Å². The standard InChI is InChI=1S/C6H3Cl2NS/c7-4-5-3(1-2-9-5)10-6(4)8/h2H,1H2. The Hall–Kier alpha value is -0.0500. The quantitative estimate of drug-likeness (QED) is 0.597. The number of rotatable bonds is 0. The molecule has 0 spiro atoms. The van der Waals surface area contributed by atoms with Crippen LogP contribution in [-0.4, -0.2) is 6.21 Å². The van der Waals surface area contributed by atoms with Crippen molar-refractivity contribution in [3.63, 3.8) is 0 Å². The molecular weight excluding hydrogens is 189 g/mol. The summed E-state index contributed by atoms with van der Waals surface area (Å²) in [5.41, 5.74) is 0.872. The molecule has 0 bridgehead atoms. The van der Waals surface area contributed by atoms with Gasteiger partial charge in [-0.15, -0.1) is 11.3 Å². The van der Waals surface area contributed by atoms with E-state index in [0.717, 1.165) is 12.1 Å². The van der Waals surface area contributed by atoms with Gasteiger partial charge in [-0.2, -0.15) is 0 Å². The Morgan fingerprint density at radius 2 is 2.30 bits per heavy atom. The second-order valence-electron chi connectivity index (χ2n) is 1.98. The number of thiophene rings is 1.